The van der Waals surface area contributed by atoms with E-state index in [0.29, 0.717) is 22.3 Å². The number of ether oxygens (including phenoxy) is 3. The van der Waals surface area contributed by atoms with E-state index in [4.69, 9.17) is 14.2 Å². The standard InChI is InChI=1S/C21H20FN3O5S/c1-28-17-9-14(20(27)30-3)15(10-18(17)29-2)24-19(26)16-11-23-21(31-4)25(16)13-7-5-12(22)6-8-13/h5-11H,1-4H3,(H,24,26). The Bertz CT molecular complexity index is 1110. The fourth-order valence-electron chi connectivity index (χ4n) is 2.93. The van der Waals surface area contributed by atoms with E-state index in [2.05, 4.69) is 10.3 Å². The van der Waals surface area contributed by atoms with Crippen molar-refractivity contribution >= 4 is 29.3 Å². The summed E-state index contributed by atoms with van der Waals surface area (Å²) in [5, 5.41) is 3.25. The normalized spacial score (nSPS) is 10.5. The minimum absolute atomic E-state index is 0.0893. The van der Waals surface area contributed by atoms with Crippen molar-refractivity contribution in [1.82, 2.24) is 9.55 Å². The van der Waals surface area contributed by atoms with Crippen molar-refractivity contribution in [1.29, 1.82) is 0 Å². The summed E-state index contributed by atoms with van der Waals surface area (Å²) in [5.41, 5.74) is 1.02. The van der Waals surface area contributed by atoms with Crippen LogP contribution in [0.15, 0.2) is 47.8 Å². The number of hydrogen-bond acceptors (Lipinski definition) is 7. The highest BCUT2D eigenvalue weighted by Gasteiger charge is 2.23. The molecule has 2 aromatic carbocycles. The van der Waals surface area contributed by atoms with E-state index in [0.717, 1.165) is 0 Å². The largest absolute Gasteiger partial charge is 0.493 e. The van der Waals surface area contributed by atoms with E-state index in [1.54, 1.807) is 16.7 Å². The van der Waals surface area contributed by atoms with Crippen LogP contribution in [0.25, 0.3) is 5.69 Å². The van der Waals surface area contributed by atoms with Crippen LogP contribution >= 0.6 is 11.8 Å². The van der Waals surface area contributed by atoms with Gasteiger partial charge in [-0.1, -0.05) is 11.8 Å². The predicted molar refractivity (Wildman–Crippen MR) is 114 cm³/mol. The molecule has 1 N–H and O–H groups in total. The minimum Gasteiger partial charge on any atom is -0.493 e. The summed E-state index contributed by atoms with van der Waals surface area (Å²) < 4.78 is 30.3. The molecule has 0 spiro atoms. The van der Waals surface area contributed by atoms with Crippen molar-refractivity contribution in [3.05, 3.63) is 59.7 Å². The number of anilines is 1. The molecule has 0 fully saturated rings. The number of nitrogens with one attached hydrogen (secondary N) is 1. The predicted octanol–water partition coefficient (Wildman–Crippen LogP) is 3.79. The topological polar surface area (TPSA) is 91.7 Å². The Morgan fingerprint density at radius 2 is 1.71 bits per heavy atom. The van der Waals surface area contributed by atoms with E-state index in [1.165, 1.54) is 63.6 Å². The van der Waals surface area contributed by atoms with Gasteiger partial charge in [-0.15, -0.1) is 0 Å². The molecule has 0 aliphatic rings. The zero-order chi connectivity index (χ0) is 22.5. The Balaban J connectivity index is 2.05. The highest BCUT2D eigenvalue weighted by Crippen LogP contribution is 2.34. The molecular weight excluding hydrogens is 425 g/mol. The van der Waals surface area contributed by atoms with Crippen LogP contribution in [0.5, 0.6) is 11.5 Å². The van der Waals surface area contributed by atoms with E-state index >= 15 is 0 Å². The molecule has 3 aromatic rings. The van der Waals surface area contributed by atoms with Gasteiger partial charge in [-0.25, -0.2) is 14.2 Å². The molecular formula is C21H20FN3O5S. The number of benzene rings is 2. The van der Waals surface area contributed by atoms with Gasteiger partial charge in [-0.3, -0.25) is 9.36 Å². The van der Waals surface area contributed by atoms with Crippen LogP contribution < -0.4 is 14.8 Å². The smallest absolute Gasteiger partial charge is 0.340 e. The molecule has 0 saturated carbocycles. The van der Waals surface area contributed by atoms with E-state index in [1.807, 2.05) is 6.26 Å². The van der Waals surface area contributed by atoms with Crippen LogP contribution in [0, 0.1) is 5.82 Å². The average molecular weight is 445 g/mol. The molecule has 0 bridgehead atoms. The second kappa shape index (κ2) is 9.52. The zero-order valence-electron chi connectivity index (χ0n) is 17.3. The van der Waals surface area contributed by atoms with Crippen LogP contribution in [-0.4, -0.2) is 49.0 Å². The van der Waals surface area contributed by atoms with Crippen LogP contribution in [0.4, 0.5) is 10.1 Å². The number of methoxy groups -OCH3 is 3. The molecule has 0 aliphatic heterocycles. The Kier molecular flexibility index (Phi) is 6.81. The number of rotatable bonds is 7. The first-order valence-electron chi connectivity index (χ1n) is 8.96. The second-order valence-electron chi connectivity index (χ2n) is 6.14. The van der Waals surface area contributed by atoms with Crippen LogP contribution in [-0.2, 0) is 4.74 Å². The van der Waals surface area contributed by atoms with Crippen molar-refractivity contribution < 1.29 is 28.2 Å². The summed E-state index contributed by atoms with van der Waals surface area (Å²) in [4.78, 5) is 29.7. The minimum atomic E-state index is -0.659. The SMILES string of the molecule is COC(=O)c1cc(OC)c(OC)cc1NC(=O)c1cnc(SC)n1-c1ccc(F)cc1. The Hall–Kier alpha value is -3.53. The fourth-order valence-corrected chi connectivity index (χ4v) is 3.47. The fraction of sp³-hybridized carbons (Fsp3) is 0.190. The summed E-state index contributed by atoms with van der Waals surface area (Å²) in [6, 6.07) is 8.57. The van der Waals surface area contributed by atoms with Gasteiger partial charge in [0.1, 0.15) is 11.5 Å². The summed E-state index contributed by atoms with van der Waals surface area (Å²) >= 11 is 1.33. The van der Waals surface area contributed by atoms with Crippen molar-refractivity contribution in [2.75, 3.05) is 32.9 Å². The van der Waals surface area contributed by atoms with Gasteiger partial charge >= 0.3 is 5.97 Å². The number of thioether (sulfide) groups is 1. The molecule has 1 heterocycles. The van der Waals surface area contributed by atoms with Gasteiger partial charge in [-0.2, -0.15) is 0 Å². The van der Waals surface area contributed by atoms with Crippen LogP contribution in [0.1, 0.15) is 20.8 Å². The molecule has 10 heteroatoms. The first kappa shape index (κ1) is 22.2. The third-order valence-corrected chi connectivity index (χ3v) is 5.06. The molecule has 1 aromatic heterocycles. The number of carbonyl (C=O) groups excluding carboxylic acids is 2. The van der Waals surface area contributed by atoms with Gasteiger partial charge in [0.15, 0.2) is 16.7 Å². The maximum atomic E-state index is 13.4. The van der Waals surface area contributed by atoms with E-state index < -0.39 is 17.7 Å². The summed E-state index contributed by atoms with van der Waals surface area (Å²) in [6.45, 7) is 0. The van der Waals surface area contributed by atoms with Gasteiger partial charge in [0.25, 0.3) is 5.91 Å². The Labute approximate surface area is 182 Å². The molecule has 0 unspecified atom stereocenters. The Morgan fingerprint density at radius 3 is 2.29 bits per heavy atom. The average Bonchev–Trinajstić information content (AvgIpc) is 3.23. The van der Waals surface area contributed by atoms with Gasteiger partial charge in [0, 0.05) is 17.8 Å². The van der Waals surface area contributed by atoms with Gasteiger partial charge in [0.2, 0.25) is 0 Å². The molecule has 0 saturated heterocycles. The van der Waals surface area contributed by atoms with Crippen molar-refractivity contribution in [2.45, 2.75) is 5.16 Å². The van der Waals surface area contributed by atoms with Gasteiger partial charge < -0.3 is 19.5 Å². The molecule has 1 amide bonds. The maximum absolute atomic E-state index is 13.4. The number of imidazole rings is 1. The zero-order valence-corrected chi connectivity index (χ0v) is 18.1. The van der Waals surface area contributed by atoms with Crippen molar-refractivity contribution in [3.8, 4) is 17.2 Å². The highest BCUT2D eigenvalue weighted by molar-refractivity contribution is 7.98. The lowest BCUT2D eigenvalue weighted by Crippen LogP contribution is -2.19. The lowest BCUT2D eigenvalue weighted by atomic mass is 10.1. The molecule has 0 radical (unpaired) electrons. The maximum Gasteiger partial charge on any atom is 0.340 e. The van der Waals surface area contributed by atoms with Crippen molar-refractivity contribution in [2.24, 2.45) is 0 Å². The molecule has 8 nitrogen and oxygen atoms in total. The first-order valence-corrected chi connectivity index (χ1v) is 10.2. The first-order chi connectivity index (χ1) is 14.9. The lowest BCUT2D eigenvalue weighted by Gasteiger charge is -2.15. The lowest BCUT2D eigenvalue weighted by molar-refractivity contribution is 0.0601. The monoisotopic (exact) mass is 445 g/mol. The number of halogens is 1. The second-order valence-corrected chi connectivity index (χ2v) is 6.91. The molecule has 31 heavy (non-hydrogen) atoms. The number of nitrogens with zero attached hydrogens (tertiary/aromatic N) is 2. The summed E-state index contributed by atoms with van der Waals surface area (Å²) in [5.74, 6) is -0.958. The van der Waals surface area contributed by atoms with Gasteiger partial charge in [-0.05, 0) is 30.5 Å². The highest BCUT2D eigenvalue weighted by atomic mass is 32.2. The molecule has 162 valence electrons. The quantitative estimate of drug-likeness (QED) is 0.437. The number of hydrogen-bond donors (Lipinski definition) is 1. The molecule has 3 rings (SSSR count). The number of carbonyl (C=O) groups is 2. The summed E-state index contributed by atoms with van der Waals surface area (Å²) in [7, 11) is 4.11. The summed E-state index contributed by atoms with van der Waals surface area (Å²) in [6.07, 6.45) is 3.22. The van der Waals surface area contributed by atoms with Gasteiger partial charge in [0.05, 0.1) is 38.8 Å². The van der Waals surface area contributed by atoms with Crippen LogP contribution in [0.2, 0.25) is 0 Å². The molecule has 0 atom stereocenters. The number of amides is 1. The number of esters is 1. The third kappa shape index (κ3) is 4.48. The van der Waals surface area contributed by atoms with Crippen molar-refractivity contribution in [3.63, 3.8) is 0 Å². The van der Waals surface area contributed by atoms with E-state index in [9.17, 15) is 14.0 Å². The van der Waals surface area contributed by atoms with Crippen LogP contribution in [0.3, 0.4) is 0 Å². The van der Waals surface area contributed by atoms with E-state index in [-0.39, 0.29) is 16.9 Å². The Morgan fingerprint density at radius 1 is 1.06 bits per heavy atom. The number of aromatic nitrogens is 2. The molecule has 0 aliphatic carbocycles. The third-order valence-electron chi connectivity index (χ3n) is 4.41.